The van der Waals surface area contributed by atoms with Crippen LogP contribution < -0.4 is 0 Å². The van der Waals surface area contributed by atoms with Crippen LogP contribution in [0.3, 0.4) is 0 Å². The van der Waals surface area contributed by atoms with Gasteiger partial charge in [-0.15, -0.1) is 0 Å². The molecular weight excluding hydrogens is 442 g/mol. The van der Waals surface area contributed by atoms with Gasteiger partial charge in [0, 0.05) is 26.9 Å². The zero-order chi connectivity index (χ0) is 20.9. The first-order valence-electron chi connectivity index (χ1n) is 10.8. The molecule has 2 aliphatic carbocycles. The molecule has 2 aliphatic rings. The summed E-state index contributed by atoms with van der Waals surface area (Å²) in [7, 11) is 0. The van der Waals surface area contributed by atoms with Crippen LogP contribution in [0.4, 0.5) is 0 Å². The highest BCUT2D eigenvalue weighted by Crippen LogP contribution is 2.40. The van der Waals surface area contributed by atoms with E-state index in [1.165, 1.54) is 44.2 Å². The molecule has 2 unspecified atom stereocenters. The number of rotatable bonds is 2. The van der Waals surface area contributed by atoms with Crippen LogP contribution in [0.15, 0.2) is 113 Å². The van der Waals surface area contributed by atoms with E-state index in [4.69, 9.17) is 0 Å². The average Bonchev–Trinajstić information content (AvgIpc) is 3.14. The van der Waals surface area contributed by atoms with Gasteiger partial charge in [0.15, 0.2) is 0 Å². The number of hydrogen-bond donors (Lipinski definition) is 0. The second-order valence-corrected chi connectivity index (χ2v) is 9.29. The Bertz CT molecular complexity index is 1450. The molecule has 2 heteroatoms. The summed E-state index contributed by atoms with van der Waals surface area (Å²) in [5.41, 5.74) is 7.62. The summed E-state index contributed by atoms with van der Waals surface area (Å²) in [4.78, 5) is 0. The molecule has 3 aromatic carbocycles. The fraction of sp³-hybridized carbons (Fsp3) is 0.103. The summed E-state index contributed by atoms with van der Waals surface area (Å²) < 4.78 is 3.49. The SMILES string of the molecule is CC1C=C(c2ccc3c(c2)c2c(Br)cccc2n3-c2ccccc2)C=C2C=CC=CC21. The third kappa shape index (κ3) is 2.97. The Labute approximate surface area is 190 Å². The molecule has 2 atom stereocenters. The molecule has 0 amide bonds. The highest BCUT2D eigenvalue weighted by atomic mass is 79.9. The maximum Gasteiger partial charge on any atom is 0.0552 e. The maximum atomic E-state index is 3.82. The lowest BCUT2D eigenvalue weighted by atomic mass is 9.77. The zero-order valence-corrected chi connectivity index (χ0v) is 18.9. The van der Waals surface area contributed by atoms with E-state index in [0.717, 1.165) is 4.47 Å². The van der Waals surface area contributed by atoms with E-state index in [2.05, 4.69) is 131 Å². The van der Waals surface area contributed by atoms with Gasteiger partial charge in [0.05, 0.1) is 11.0 Å². The van der Waals surface area contributed by atoms with Gasteiger partial charge in [-0.2, -0.15) is 0 Å². The summed E-state index contributed by atoms with van der Waals surface area (Å²) >= 11 is 3.82. The summed E-state index contributed by atoms with van der Waals surface area (Å²) in [6, 6.07) is 24.0. The minimum absolute atomic E-state index is 0.490. The third-order valence-electron chi connectivity index (χ3n) is 6.52. The van der Waals surface area contributed by atoms with Gasteiger partial charge in [0.25, 0.3) is 0 Å². The van der Waals surface area contributed by atoms with Crippen molar-refractivity contribution in [2.24, 2.45) is 11.8 Å². The average molecular weight is 464 g/mol. The highest BCUT2D eigenvalue weighted by Gasteiger charge is 2.23. The minimum atomic E-state index is 0.490. The van der Waals surface area contributed by atoms with Crippen LogP contribution in [0.2, 0.25) is 0 Å². The number of hydrogen-bond acceptors (Lipinski definition) is 0. The first-order valence-corrected chi connectivity index (χ1v) is 11.6. The van der Waals surface area contributed by atoms with Crippen molar-refractivity contribution in [3.63, 3.8) is 0 Å². The van der Waals surface area contributed by atoms with Crippen LogP contribution in [0, 0.1) is 11.8 Å². The number of halogens is 1. The van der Waals surface area contributed by atoms with E-state index < -0.39 is 0 Å². The van der Waals surface area contributed by atoms with Gasteiger partial charge >= 0.3 is 0 Å². The lowest BCUT2D eigenvalue weighted by Gasteiger charge is -2.27. The summed E-state index contributed by atoms with van der Waals surface area (Å²) in [6.45, 7) is 2.32. The molecule has 0 N–H and O–H groups in total. The topological polar surface area (TPSA) is 4.93 Å². The number of benzene rings is 3. The third-order valence-corrected chi connectivity index (χ3v) is 7.18. The predicted octanol–water partition coefficient (Wildman–Crippen LogP) is 8.25. The fourth-order valence-electron chi connectivity index (χ4n) is 5.05. The summed E-state index contributed by atoms with van der Waals surface area (Å²) in [5.74, 6) is 0.982. The minimum Gasteiger partial charge on any atom is -0.309 e. The fourth-order valence-corrected chi connectivity index (χ4v) is 5.62. The standard InChI is InChI=1S/C29H22BrN/c1-19-16-22(17-21-8-5-6-11-24(19)21)20-14-15-27-25(18-20)29-26(30)12-7-13-28(29)31(27)23-9-3-2-4-10-23/h2-19,24H,1H3. The molecule has 31 heavy (non-hydrogen) atoms. The molecular formula is C29H22BrN. The van der Waals surface area contributed by atoms with Crippen molar-refractivity contribution in [3.05, 3.63) is 119 Å². The smallest absolute Gasteiger partial charge is 0.0552 e. The van der Waals surface area contributed by atoms with Crippen molar-refractivity contribution >= 4 is 43.3 Å². The van der Waals surface area contributed by atoms with Gasteiger partial charge in [-0.3, -0.25) is 0 Å². The summed E-state index contributed by atoms with van der Waals surface area (Å²) in [5, 5.41) is 2.54. The molecule has 0 spiro atoms. The van der Waals surface area contributed by atoms with Crippen LogP contribution >= 0.6 is 15.9 Å². The first-order chi connectivity index (χ1) is 15.2. The van der Waals surface area contributed by atoms with Crippen molar-refractivity contribution in [1.29, 1.82) is 0 Å². The number of aromatic nitrogens is 1. The lowest BCUT2D eigenvalue weighted by Crippen LogP contribution is -2.14. The quantitative estimate of drug-likeness (QED) is 0.282. The van der Waals surface area contributed by atoms with Crippen LogP contribution in [0.25, 0.3) is 33.1 Å². The molecule has 0 bridgehead atoms. The Morgan fingerprint density at radius 3 is 2.61 bits per heavy atom. The Balaban J connectivity index is 1.59. The van der Waals surface area contributed by atoms with Crippen molar-refractivity contribution in [2.75, 3.05) is 0 Å². The lowest BCUT2D eigenvalue weighted by molar-refractivity contribution is 0.585. The molecule has 0 saturated heterocycles. The molecule has 0 fully saturated rings. The van der Waals surface area contributed by atoms with Gasteiger partial charge < -0.3 is 4.57 Å². The molecule has 0 aliphatic heterocycles. The van der Waals surface area contributed by atoms with E-state index in [1.807, 2.05) is 0 Å². The van der Waals surface area contributed by atoms with Crippen LogP contribution in [0.5, 0.6) is 0 Å². The van der Waals surface area contributed by atoms with E-state index in [0.29, 0.717) is 11.8 Å². The van der Waals surface area contributed by atoms with Crippen LogP contribution in [0.1, 0.15) is 12.5 Å². The molecule has 1 aromatic heterocycles. The molecule has 0 radical (unpaired) electrons. The van der Waals surface area contributed by atoms with Crippen molar-refractivity contribution in [3.8, 4) is 5.69 Å². The monoisotopic (exact) mass is 463 g/mol. The van der Waals surface area contributed by atoms with Crippen molar-refractivity contribution < 1.29 is 0 Å². The van der Waals surface area contributed by atoms with E-state index >= 15 is 0 Å². The Kier molecular flexibility index (Phi) is 4.36. The predicted molar refractivity (Wildman–Crippen MR) is 135 cm³/mol. The van der Waals surface area contributed by atoms with Gasteiger partial charge in [-0.05, 0) is 59.0 Å². The zero-order valence-electron chi connectivity index (χ0n) is 17.3. The Morgan fingerprint density at radius 1 is 0.871 bits per heavy atom. The van der Waals surface area contributed by atoms with Gasteiger partial charge in [-0.1, -0.05) is 89.6 Å². The molecule has 150 valence electrons. The van der Waals surface area contributed by atoms with Gasteiger partial charge in [0.1, 0.15) is 0 Å². The van der Waals surface area contributed by atoms with Gasteiger partial charge in [-0.25, -0.2) is 0 Å². The van der Waals surface area contributed by atoms with E-state index in [1.54, 1.807) is 0 Å². The molecule has 1 heterocycles. The second kappa shape index (κ2) is 7.25. The highest BCUT2D eigenvalue weighted by molar-refractivity contribution is 9.10. The molecule has 6 rings (SSSR count). The largest absolute Gasteiger partial charge is 0.309 e. The van der Waals surface area contributed by atoms with Crippen LogP contribution in [-0.2, 0) is 0 Å². The van der Waals surface area contributed by atoms with E-state index in [-0.39, 0.29) is 0 Å². The Morgan fingerprint density at radius 2 is 1.74 bits per heavy atom. The normalized spacial score (nSPS) is 20.1. The first kappa shape index (κ1) is 18.7. The molecule has 4 aromatic rings. The number of allylic oxidation sites excluding steroid dienone is 8. The second-order valence-electron chi connectivity index (χ2n) is 8.43. The number of fused-ring (bicyclic) bond motifs is 4. The summed E-state index contributed by atoms with van der Waals surface area (Å²) in [6.07, 6.45) is 13.7. The van der Waals surface area contributed by atoms with Crippen molar-refractivity contribution in [2.45, 2.75) is 6.92 Å². The number of nitrogens with zero attached hydrogens (tertiary/aromatic N) is 1. The van der Waals surface area contributed by atoms with E-state index in [9.17, 15) is 0 Å². The Hall–Kier alpha value is -3.10. The number of para-hydroxylation sites is 1. The van der Waals surface area contributed by atoms with Crippen molar-refractivity contribution in [1.82, 2.24) is 4.57 Å². The van der Waals surface area contributed by atoms with Crippen LogP contribution in [-0.4, -0.2) is 4.57 Å². The maximum absolute atomic E-state index is 3.82. The molecule has 0 saturated carbocycles. The molecule has 1 nitrogen and oxygen atoms in total. The van der Waals surface area contributed by atoms with Gasteiger partial charge in [0.2, 0.25) is 0 Å².